The summed E-state index contributed by atoms with van der Waals surface area (Å²) in [7, 11) is 1.93. The molecule has 162 valence electrons. The van der Waals surface area contributed by atoms with Gasteiger partial charge in [-0.2, -0.15) is 0 Å². The molecule has 0 bridgehead atoms. The second-order valence-corrected chi connectivity index (χ2v) is 9.53. The number of nitrogens with one attached hydrogen (secondary N) is 1. The van der Waals surface area contributed by atoms with E-state index in [9.17, 15) is 4.79 Å². The van der Waals surface area contributed by atoms with Gasteiger partial charge in [-0.1, -0.05) is 6.92 Å². The van der Waals surface area contributed by atoms with E-state index in [1.165, 1.54) is 15.6 Å². The first kappa shape index (κ1) is 21.0. The summed E-state index contributed by atoms with van der Waals surface area (Å²) in [5.41, 5.74) is 2.20. The number of carbonyl (C=O) groups excluding carboxylic acids is 1. The Hall–Kier alpha value is -2.22. The number of urea groups is 1. The maximum absolute atomic E-state index is 13.0. The van der Waals surface area contributed by atoms with Gasteiger partial charge < -0.3 is 15.1 Å². The van der Waals surface area contributed by atoms with Crippen LogP contribution in [0, 0.1) is 13.8 Å². The molecule has 1 N–H and O–H groups in total. The van der Waals surface area contributed by atoms with E-state index in [4.69, 9.17) is 4.98 Å². The number of aryl methyl sites for hydroxylation is 4. The van der Waals surface area contributed by atoms with Crippen molar-refractivity contribution in [3.05, 3.63) is 33.2 Å². The number of carbonyl (C=O) groups is 1. The first-order valence-electron chi connectivity index (χ1n) is 11.0. The fraction of sp³-hybridized carbons (Fsp3) is 0.636. The van der Waals surface area contributed by atoms with Crippen molar-refractivity contribution >= 4 is 23.2 Å². The summed E-state index contributed by atoms with van der Waals surface area (Å²) in [5, 5.41) is 4.46. The van der Waals surface area contributed by atoms with Crippen molar-refractivity contribution in [1.82, 2.24) is 25.2 Å². The third-order valence-corrected chi connectivity index (χ3v) is 7.50. The Morgan fingerprint density at radius 3 is 2.70 bits per heavy atom. The van der Waals surface area contributed by atoms with Crippen LogP contribution < -0.4 is 10.2 Å². The molecular formula is C22H32N6OS. The molecule has 1 saturated heterocycles. The summed E-state index contributed by atoms with van der Waals surface area (Å²) in [6.07, 6.45) is 5.98. The molecule has 2 amide bonds. The van der Waals surface area contributed by atoms with Gasteiger partial charge in [-0.15, -0.1) is 11.3 Å². The molecule has 0 saturated carbocycles. The van der Waals surface area contributed by atoms with Crippen LogP contribution in [0.25, 0.3) is 0 Å². The first-order valence-corrected chi connectivity index (χ1v) is 11.8. The Balaban J connectivity index is 1.34. The van der Waals surface area contributed by atoms with Crippen LogP contribution >= 0.6 is 11.3 Å². The number of hydrogen-bond donors (Lipinski definition) is 1. The fourth-order valence-electron chi connectivity index (χ4n) is 4.50. The zero-order valence-electron chi connectivity index (χ0n) is 18.4. The highest BCUT2D eigenvalue weighted by Gasteiger charge is 2.31. The largest absolute Gasteiger partial charge is 0.356 e. The van der Waals surface area contributed by atoms with Gasteiger partial charge in [0.1, 0.15) is 11.6 Å². The lowest BCUT2D eigenvalue weighted by molar-refractivity contribution is 0.179. The van der Waals surface area contributed by atoms with Crippen LogP contribution in [-0.2, 0) is 12.8 Å². The molecule has 0 aromatic carbocycles. The summed E-state index contributed by atoms with van der Waals surface area (Å²) in [4.78, 5) is 32.2. The van der Waals surface area contributed by atoms with E-state index in [2.05, 4.69) is 27.1 Å². The number of hydrogen-bond acceptors (Lipinski definition) is 6. The van der Waals surface area contributed by atoms with Crippen molar-refractivity contribution in [2.45, 2.75) is 71.4 Å². The van der Waals surface area contributed by atoms with E-state index >= 15 is 0 Å². The SMILES string of the molecule is CCc1nc2c(s1)C(N(C)C(=O)NC1CCN(c3cc(C)nc(C)n3)CC1)CCC2. The molecule has 0 radical (unpaired) electrons. The Kier molecular flexibility index (Phi) is 6.22. The monoisotopic (exact) mass is 428 g/mol. The van der Waals surface area contributed by atoms with E-state index in [1.807, 2.05) is 31.9 Å². The standard InChI is InChI=1S/C22H32N6OS/c1-5-20-26-17-7-6-8-18(21(17)30-20)27(4)22(29)25-16-9-11-28(12-10-16)19-13-14(2)23-15(3)24-19/h13,16,18H,5-12H2,1-4H3,(H,25,29). The number of aromatic nitrogens is 3. The van der Waals surface area contributed by atoms with Gasteiger partial charge in [0.05, 0.1) is 21.6 Å². The van der Waals surface area contributed by atoms with E-state index < -0.39 is 0 Å². The summed E-state index contributed by atoms with van der Waals surface area (Å²) in [5.74, 6) is 1.80. The number of amides is 2. The molecular weight excluding hydrogens is 396 g/mol. The molecule has 0 spiro atoms. The van der Waals surface area contributed by atoms with Gasteiger partial charge in [-0.25, -0.2) is 19.7 Å². The summed E-state index contributed by atoms with van der Waals surface area (Å²) in [6.45, 7) is 7.87. The average Bonchev–Trinajstić information content (AvgIpc) is 3.16. The summed E-state index contributed by atoms with van der Waals surface area (Å²) >= 11 is 1.78. The van der Waals surface area contributed by atoms with Crippen LogP contribution in [0.2, 0.25) is 0 Å². The third kappa shape index (κ3) is 4.43. The number of nitrogens with zero attached hydrogens (tertiary/aromatic N) is 5. The zero-order valence-corrected chi connectivity index (χ0v) is 19.3. The lowest BCUT2D eigenvalue weighted by Crippen LogP contribution is -2.49. The van der Waals surface area contributed by atoms with E-state index in [-0.39, 0.29) is 18.1 Å². The average molecular weight is 429 g/mol. The Morgan fingerprint density at radius 1 is 1.23 bits per heavy atom. The van der Waals surface area contributed by atoms with Crippen molar-refractivity contribution in [2.24, 2.45) is 0 Å². The van der Waals surface area contributed by atoms with Crippen molar-refractivity contribution < 1.29 is 4.79 Å². The van der Waals surface area contributed by atoms with Gasteiger partial charge in [-0.3, -0.25) is 0 Å². The molecule has 2 aliphatic rings. The van der Waals surface area contributed by atoms with Crippen molar-refractivity contribution in [2.75, 3.05) is 25.0 Å². The topological polar surface area (TPSA) is 74.2 Å². The number of piperidine rings is 1. The van der Waals surface area contributed by atoms with E-state index in [1.54, 1.807) is 11.3 Å². The quantitative estimate of drug-likeness (QED) is 0.802. The molecule has 3 heterocycles. The minimum Gasteiger partial charge on any atom is -0.356 e. The highest BCUT2D eigenvalue weighted by Crippen LogP contribution is 2.37. The Bertz CT molecular complexity index is 885. The molecule has 2 aromatic rings. The predicted molar refractivity (Wildman–Crippen MR) is 120 cm³/mol. The summed E-state index contributed by atoms with van der Waals surface area (Å²) in [6, 6.07) is 2.43. The second-order valence-electron chi connectivity index (χ2n) is 8.42. The molecule has 30 heavy (non-hydrogen) atoms. The normalized spacial score (nSPS) is 19.5. The predicted octanol–water partition coefficient (Wildman–Crippen LogP) is 3.80. The molecule has 1 atom stereocenters. The second kappa shape index (κ2) is 8.88. The maximum Gasteiger partial charge on any atom is 0.317 e. The van der Waals surface area contributed by atoms with Crippen molar-refractivity contribution in [1.29, 1.82) is 0 Å². The first-order chi connectivity index (χ1) is 14.4. The van der Waals surface area contributed by atoms with Crippen LogP contribution in [-0.4, -0.2) is 52.1 Å². The van der Waals surface area contributed by atoms with Gasteiger partial charge in [0, 0.05) is 37.9 Å². The van der Waals surface area contributed by atoms with E-state index in [0.717, 1.165) is 69.0 Å². The van der Waals surface area contributed by atoms with Crippen molar-refractivity contribution in [3.8, 4) is 0 Å². The van der Waals surface area contributed by atoms with Crippen LogP contribution in [0.1, 0.15) is 65.7 Å². The Morgan fingerprint density at radius 2 is 2.00 bits per heavy atom. The molecule has 2 aromatic heterocycles. The lowest BCUT2D eigenvalue weighted by Gasteiger charge is -2.36. The van der Waals surface area contributed by atoms with Gasteiger partial charge in [0.2, 0.25) is 0 Å². The van der Waals surface area contributed by atoms with Crippen LogP contribution in [0.15, 0.2) is 6.07 Å². The van der Waals surface area contributed by atoms with Crippen LogP contribution in [0.4, 0.5) is 10.6 Å². The molecule has 8 heteroatoms. The van der Waals surface area contributed by atoms with Crippen LogP contribution in [0.5, 0.6) is 0 Å². The molecule has 1 aliphatic heterocycles. The number of thiazole rings is 1. The number of fused-ring (bicyclic) bond motifs is 1. The molecule has 1 aliphatic carbocycles. The molecule has 4 rings (SSSR count). The van der Waals surface area contributed by atoms with Crippen molar-refractivity contribution in [3.63, 3.8) is 0 Å². The maximum atomic E-state index is 13.0. The smallest absolute Gasteiger partial charge is 0.317 e. The zero-order chi connectivity index (χ0) is 21.3. The number of anilines is 1. The highest BCUT2D eigenvalue weighted by atomic mass is 32.1. The van der Waals surface area contributed by atoms with E-state index in [0.29, 0.717) is 0 Å². The van der Waals surface area contributed by atoms with Crippen LogP contribution in [0.3, 0.4) is 0 Å². The highest BCUT2D eigenvalue weighted by molar-refractivity contribution is 7.11. The number of rotatable bonds is 4. The molecule has 7 nitrogen and oxygen atoms in total. The third-order valence-electron chi connectivity index (χ3n) is 6.15. The Labute approximate surface area is 182 Å². The summed E-state index contributed by atoms with van der Waals surface area (Å²) < 4.78 is 0. The minimum atomic E-state index is 0.0338. The van der Waals surface area contributed by atoms with Gasteiger partial charge in [0.25, 0.3) is 0 Å². The van der Waals surface area contributed by atoms with Gasteiger partial charge in [-0.05, 0) is 52.4 Å². The fourth-order valence-corrected chi connectivity index (χ4v) is 5.73. The van der Waals surface area contributed by atoms with Gasteiger partial charge >= 0.3 is 6.03 Å². The van der Waals surface area contributed by atoms with Gasteiger partial charge in [0.15, 0.2) is 0 Å². The molecule has 1 fully saturated rings. The lowest BCUT2D eigenvalue weighted by atomic mass is 9.97. The minimum absolute atomic E-state index is 0.0338. The molecule has 1 unspecified atom stereocenters.